The Morgan fingerprint density at radius 2 is 1.63 bits per heavy atom. The number of anilines is 1. The van der Waals surface area contributed by atoms with E-state index in [1.807, 2.05) is 43.3 Å². The van der Waals surface area contributed by atoms with E-state index in [1.54, 1.807) is 54.9 Å². The molecule has 8 heteroatoms. The van der Waals surface area contributed by atoms with Crippen LogP contribution in [0.25, 0.3) is 0 Å². The smallest absolute Gasteiger partial charge is 0.261 e. The Bertz CT molecular complexity index is 1360. The molecule has 0 spiro atoms. The molecule has 4 aromatic rings. The molecule has 35 heavy (non-hydrogen) atoms. The molecule has 2 N–H and O–H groups in total. The van der Waals surface area contributed by atoms with Gasteiger partial charge in [0, 0.05) is 29.2 Å². The highest BCUT2D eigenvalue weighted by Crippen LogP contribution is 2.20. The predicted molar refractivity (Wildman–Crippen MR) is 135 cm³/mol. The highest BCUT2D eigenvalue weighted by Gasteiger charge is 2.15. The molecular formula is C27H25N3O4S. The van der Waals surface area contributed by atoms with Crippen LogP contribution in [-0.2, 0) is 16.6 Å². The first-order chi connectivity index (χ1) is 16.9. The second-order valence-electron chi connectivity index (χ2n) is 7.91. The van der Waals surface area contributed by atoms with Gasteiger partial charge in [0.15, 0.2) is 0 Å². The number of amides is 1. The second-order valence-corrected chi connectivity index (χ2v) is 9.59. The molecule has 0 saturated heterocycles. The predicted octanol–water partition coefficient (Wildman–Crippen LogP) is 4.95. The van der Waals surface area contributed by atoms with Crippen molar-refractivity contribution in [2.24, 2.45) is 0 Å². The number of pyridine rings is 1. The van der Waals surface area contributed by atoms with Crippen LogP contribution in [0.2, 0.25) is 0 Å². The molecular weight excluding hydrogens is 462 g/mol. The van der Waals surface area contributed by atoms with E-state index in [0.29, 0.717) is 17.9 Å². The molecule has 0 aliphatic rings. The Morgan fingerprint density at radius 1 is 0.914 bits per heavy atom. The fourth-order valence-electron chi connectivity index (χ4n) is 3.37. The van der Waals surface area contributed by atoms with Gasteiger partial charge in [0.05, 0.1) is 10.9 Å². The van der Waals surface area contributed by atoms with Crippen molar-refractivity contribution in [3.63, 3.8) is 0 Å². The number of sulfonamides is 1. The van der Waals surface area contributed by atoms with Crippen LogP contribution in [0, 0.1) is 0 Å². The average Bonchev–Trinajstić information content (AvgIpc) is 2.89. The Labute approximate surface area is 204 Å². The van der Waals surface area contributed by atoms with Gasteiger partial charge in [-0.15, -0.1) is 0 Å². The SMILES string of the molecule is CC(NC(=O)c1ccc(NS(=O)(=O)c2ccccc2)cc1)c1ccc(OCc2cccnc2)cc1. The zero-order chi connectivity index (χ0) is 24.7. The first kappa shape index (κ1) is 24.0. The Morgan fingerprint density at radius 3 is 2.29 bits per heavy atom. The fourth-order valence-corrected chi connectivity index (χ4v) is 4.45. The molecule has 4 rings (SSSR count). The van der Waals surface area contributed by atoms with E-state index >= 15 is 0 Å². The van der Waals surface area contributed by atoms with Crippen LogP contribution >= 0.6 is 0 Å². The standard InChI is InChI=1S/C27H25N3O4S/c1-20(22-11-15-25(16-12-22)34-19-21-6-5-17-28-18-21)29-27(31)23-9-13-24(14-10-23)30-35(32,33)26-7-3-2-4-8-26/h2-18,20,30H,19H2,1H3,(H,29,31). The molecule has 0 saturated carbocycles. The van der Waals surface area contributed by atoms with Crippen molar-refractivity contribution in [1.82, 2.24) is 10.3 Å². The zero-order valence-electron chi connectivity index (χ0n) is 19.1. The summed E-state index contributed by atoms with van der Waals surface area (Å²) in [5, 5.41) is 2.96. The molecule has 1 amide bonds. The quantitative estimate of drug-likeness (QED) is 0.348. The van der Waals surface area contributed by atoms with Crippen LogP contribution in [0.1, 0.15) is 34.5 Å². The topological polar surface area (TPSA) is 97.4 Å². The van der Waals surface area contributed by atoms with Gasteiger partial charge >= 0.3 is 0 Å². The number of nitrogens with zero attached hydrogens (tertiary/aromatic N) is 1. The summed E-state index contributed by atoms with van der Waals surface area (Å²) in [5.41, 5.74) is 2.71. The lowest BCUT2D eigenvalue weighted by atomic mass is 10.1. The lowest BCUT2D eigenvalue weighted by molar-refractivity contribution is 0.0940. The summed E-state index contributed by atoms with van der Waals surface area (Å²) in [6, 6.07) is 25.5. The van der Waals surface area contributed by atoms with Gasteiger partial charge in [-0.2, -0.15) is 0 Å². The molecule has 178 valence electrons. The van der Waals surface area contributed by atoms with Gasteiger partial charge in [-0.1, -0.05) is 36.4 Å². The maximum atomic E-state index is 12.7. The maximum Gasteiger partial charge on any atom is 0.261 e. The lowest BCUT2D eigenvalue weighted by Crippen LogP contribution is -2.26. The number of carbonyl (C=O) groups is 1. The van der Waals surface area contributed by atoms with Crippen LogP contribution in [-0.4, -0.2) is 19.3 Å². The number of rotatable bonds is 9. The van der Waals surface area contributed by atoms with Gasteiger partial charge < -0.3 is 10.1 Å². The van der Waals surface area contributed by atoms with E-state index < -0.39 is 10.0 Å². The number of hydrogen-bond acceptors (Lipinski definition) is 5. The van der Waals surface area contributed by atoms with E-state index in [4.69, 9.17) is 4.74 Å². The largest absolute Gasteiger partial charge is 0.489 e. The van der Waals surface area contributed by atoms with Crippen molar-refractivity contribution in [1.29, 1.82) is 0 Å². The van der Waals surface area contributed by atoms with Crippen LogP contribution in [0.3, 0.4) is 0 Å². The summed E-state index contributed by atoms with van der Waals surface area (Å²) in [7, 11) is -3.69. The normalized spacial score (nSPS) is 11.9. The molecule has 0 aliphatic carbocycles. The maximum absolute atomic E-state index is 12.7. The highest BCUT2D eigenvalue weighted by atomic mass is 32.2. The van der Waals surface area contributed by atoms with Gasteiger partial charge in [-0.3, -0.25) is 14.5 Å². The second kappa shape index (κ2) is 10.8. The molecule has 3 aromatic carbocycles. The van der Waals surface area contributed by atoms with Crippen LogP contribution < -0.4 is 14.8 Å². The zero-order valence-corrected chi connectivity index (χ0v) is 19.9. The van der Waals surface area contributed by atoms with Crippen LogP contribution in [0.4, 0.5) is 5.69 Å². The minimum absolute atomic E-state index is 0.170. The highest BCUT2D eigenvalue weighted by molar-refractivity contribution is 7.92. The average molecular weight is 488 g/mol. The number of nitrogens with one attached hydrogen (secondary N) is 2. The Hall–Kier alpha value is -4.17. The third kappa shape index (κ3) is 6.45. The van der Waals surface area contributed by atoms with Gasteiger partial charge in [-0.05, 0) is 67.1 Å². The number of aromatic nitrogens is 1. The van der Waals surface area contributed by atoms with Crippen molar-refractivity contribution < 1.29 is 17.9 Å². The minimum atomic E-state index is -3.69. The number of hydrogen-bond donors (Lipinski definition) is 2. The molecule has 0 aliphatic heterocycles. The Kier molecular flexibility index (Phi) is 7.42. The molecule has 0 radical (unpaired) electrons. The summed E-state index contributed by atoms with van der Waals surface area (Å²) in [6.45, 7) is 2.32. The first-order valence-corrected chi connectivity index (χ1v) is 12.5. The number of carbonyl (C=O) groups excluding carboxylic acids is 1. The van der Waals surface area contributed by atoms with Crippen molar-refractivity contribution in [2.45, 2.75) is 24.5 Å². The third-order valence-corrected chi connectivity index (χ3v) is 6.71. The monoisotopic (exact) mass is 487 g/mol. The summed E-state index contributed by atoms with van der Waals surface area (Å²) in [6.07, 6.45) is 3.48. The number of benzene rings is 3. The van der Waals surface area contributed by atoms with E-state index in [2.05, 4.69) is 15.0 Å². The van der Waals surface area contributed by atoms with Crippen molar-refractivity contribution in [2.75, 3.05) is 4.72 Å². The molecule has 1 unspecified atom stereocenters. The lowest BCUT2D eigenvalue weighted by Gasteiger charge is -2.15. The minimum Gasteiger partial charge on any atom is -0.489 e. The van der Waals surface area contributed by atoms with Gasteiger partial charge in [0.1, 0.15) is 12.4 Å². The summed E-state index contributed by atoms with van der Waals surface area (Å²) < 4.78 is 33.2. The summed E-state index contributed by atoms with van der Waals surface area (Å²) in [5.74, 6) is 0.469. The first-order valence-electron chi connectivity index (χ1n) is 11.0. The summed E-state index contributed by atoms with van der Waals surface area (Å²) >= 11 is 0. The van der Waals surface area contributed by atoms with Gasteiger partial charge in [0.25, 0.3) is 15.9 Å². The molecule has 0 bridgehead atoms. The van der Waals surface area contributed by atoms with Crippen molar-refractivity contribution >= 4 is 21.6 Å². The van der Waals surface area contributed by atoms with E-state index in [9.17, 15) is 13.2 Å². The van der Waals surface area contributed by atoms with E-state index in [0.717, 1.165) is 16.9 Å². The molecule has 1 aromatic heterocycles. The fraction of sp³-hybridized carbons (Fsp3) is 0.111. The number of ether oxygens (including phenoxy) is 1. The van der Waals surface area contributed by atoms with Crippen molar-refractivity contribution in [3.8, 4) is 5.75 Å². The van der Waals surface area contributed by atoms with Crippen LogP contribution in [0.5, 0.6) is 5.75 Å². The molecule has 7 nitrogen and oxygen atoms in total. The van der Waals surface area contributed by atoms with E-state index in [-0.39, 0.29) is 16.8 Å². The van der Waals surface area contributed by atoms with Crippen LogP contribution in [0.15, 0.2) is 108 Å². The van der Waals surface area contributed by atoms with Crippen molar-refractivity contribution in [3.05, 3.63) is 120 Å². The summed E-state index contributed by atoms with van der Waals surface area (Å²) in [4.78, 5) is 16.9. The van der Waals surface area contributed by atoms with Gasteiger partial charge in [0.2, 0.25) is 0 Å². The molecule has 1 atom stereocenters. The molecule has 1 heterocycles. The van der Waals surface area contributed by atoms with Gasteiger partial charge in [-0.25, -0.2) is 8.42 Å². The third-order valence-electron chi connectivity index (χ3n) is 5.31. The molecule has 0 fully saturated rings. The Balaban J connectivity index is 1.32. The van der Waals surface area contributed by atoms with E-state index in [1.165, 1.54) is 12.1 Å².